The Morgan fingerprint density at radius 1 is 1.50 bits per heavy atom. The Labute approximate surface area is 83.6 Å². The third-order valence-electron chi connectivity index (χ3n) is 2.13. The van der Waals surface area contributed by atoms with Gasteiger partial charge in [-0.2, -0.15) is 0 Å². The highest BCUT2D eigenvalue weighted by Crippen LogP contribution is 2.18. The maximum atomic E-state index is 13.5. The van der Waals surface area contributed by atoms with E-state index in [0.29, 0.717) is 0 Å². The lowest BCUT2D eigenvalue weighted by molar-refractivity contribution is 0.218. The van der Waals surface area contributed by atoms with Crippen LogP contribution in [0.25, 0.3) is 0 Å². The lowest BCUT2D eigenvalue weighted by Crippen LogP contribution is -2.43. The van der Waals surface area contributed by atoms with Gasteiger partial charge in [0.25, 0.3) is 0 Å². The average molecular weight is 197 g/mol. The minimum absolute atomic E-state index is 0.157. The molecule has 0 aliphatic rings. The summed E-state index contributed by atoms with van der Waals surface area (Å²) < 4.78 is 13.5. The van der Waals surface area contributed by atoms with Gasteiger partial charge in [0.05, 0.1) is 0 Å². The van der Waals surface area contributed by atoms with Crippen molar-refractivity contribution in [3.8, 4) is 5.75 Å². The fourth-order valence-electron chi connectivity index (χ4n) is 1.15. The molecule has 0 aromatic heterocycles. The highest BCUT2D eigenvalue weighted by Gasteiger charge is 2.24. The molecule has 1 atom stereocenters. The number of phenolic OH excluding ortho intramolecular Hbond substituents is 1. The van der Waals surface area contributed by atoms with Crippen molar-refractivity contribution in [2.24, 2.45) is 5.73 Å². The molecule has 3 heteroatoms. The first-order valence-corrected chi connectivity index (χ1v) is 4.60. The molecular weight excluding hydrogens is 181 g/mol. The average Bonchev–Trinajstić information content (AvgIpc) is 2.02. The van der Waals surface area contributed by atoms with Gasteiger partial charge in [-0.25, -0.2) is 4.39 Å². The van der Waals surface area contributed by atoms with Crippen molar-refractivity contribution in [2.45, 2.75) is 32.0 Å². The van der Waals surface area contributed by atoms with Crippen molar-refractivity contribution >= 4 is 0 Å². The lowest BCUT2D eigenvalue weighted by atomic mass is 9.94. The topological polar surface area (TPSA) is 46.2 Å². The van der Waals surface area contributed by atoms with Gasteiger partial charge in [0.15, 0.2) is 0 Å². The molecule has 14 heavy (non-hydrogen) atoms. The van der Waals surface area contributed by atoms with Crippen molar-refractivity contribution in [3.63, 3.8) is 0 Å². The molecule has 0 saturated heterocycles. The Hall–Kier alpha value is -1.09. The van der Waals surface area contributed by atoms with E-state index in [4.69, 9.17) is 5.73 Å². The number of alkyl halides is 1. The number of phenols is 1. The van der Waals surface area contributed by atoms with Crippen LogP contribution in [-0.2, 0) is 6.42 Å². The molecule has 0 aliphatic heterocycles. The van der Waals surface area contributed by atoms with Gasteiger partial charge in [-0.1, -0.05) is 12.1 Å². The fourth-order valence-corrected chi connectivity index (χ4v) is 1.15. The quantitative estimate of drug-likeness (QED) is 0.778. The normalized spacial score (nSPS) is 14.0. The molecule has 2 nitrogen and oxygen atoms in total. The van der Waals surface area contributed by atoms with Crippen LogP contribution in [-0.4, -0.2) is 16.8 Å². The first-order chi connectivity index (χ1) is 6.39. The highest BCUT2D eigenvalue weighted by molar-refractivity contribution is 5.27. The predicted molar refractivity (Wildman–Crippen MR) is 55.0 cm³/mol. The Kier molecular flexibility index (Phi) is 3.11. The minimum atomic E-state index is -1.11. The molecule has 0 heterocycles. The Bertz CT molecular complexity index is 306. The molecule has 0 radical (unpaired) electrons. The van der Waals surface area contributed by atoms with E-state index >= 15 is 0 Å². The summed E-state index contributed by atoms with van der Waals surface area (Å²) in [7, 11) is 0. The molecule has 0 fully saturated rings. The van der Waals surface area contributed by atoms with Crippen LogP contribution in [0.3, 0.4) is 0 Å². The van der Waals surface area contributed by atoms with Crippen LogP contribution in [0.4, 0.5) is 4.39 Å². The zero-order valence-electron chi connectivity index (χ0n) is 8.50. The van der Waals surface area contributed by atoms with Gasteiger partial charge < -0.3 is 10.8 Å². The molecule has 0 saturated carbocycles. The fraction of sp³-hybridized carbons (Fsp3) is 0.455. The Morgan fingerprint density at radius 3 is 2.64 bits per heavy atom. The van der Waals surface area contributed by atoms with Crippen LogP contribution >= 0.6 is 0 Å². The molecule has 1 aromatic carbocycles. The van der Waals surface area contributed by atoms with E-state index in [-0.39, 0.29) is 12.2 Å². The van der Waals surface area contributed by atoms with E-state index in [0.717, 1.165) is 5.56 Å². The summed E-state index contributed by atoms with van der Waals surface area (Å²) in [5.41, 5.74) is 5.55. The van der Waals surface area contributed by atoms with Gasteiger partial charge >= 0.3 is 0 Å². The number of nitrogens with two attached hydrogens (primary N) is 1. The maximum Gasteiger partial charge on any atom is 0.121 e. The molecule has 78 valence electrons. The summed E-state index contributed by atoms with van der Waals surface area (Å²) >= 11 is 0. The van der Waals surface area contributed by atoms with Crippen LogP contribution < -0.4 is 5.73 Å². The van der Waals surface area contributed by atoms with Crippen LogP contribution in [0.2, 0.25) is 0 Å². The van der Waals surface area contributed by atoms with Gasteiger partial charge in [-0.3, -0.25) is 0 Å². The summed E-state index contributed by atoms with van der Waals surface area (Å²) in [5.74, 6) is 0.157. The summed E-state index contributed by atoms with van der Waals surface area (Å²) in [4.78, 5) is 0. The standard InChI is InChI=1S/C11H16FNO/c1-11(2,13)10(12)7-8-4-3-5-9(14)6-8/h3-6,10,14H,7,13H2,1-2H3. The predicted octanol–water partition coefficient (Wildman–Crippen LogP) is 2.01. The zero-order valence-corrected chi connectivity index (χ0v) is 8.50. The number of benzene rings is 1. The molecular formula is C11H16FNO. The summed E-state index contributed by atoms with van der Waals surface area (Å²) in [5, 5.41) is 9.18. The molecule has 1 aromatic rings. The van der Waals surface area contributed by atoms with Crippen LogP contribution in [0.15, 0.2) is 24.3 Å². The largest absolute Gasteiger partial charge is 0.508 e. The molecule has 0 spiro atoms. The van der Waals surface area contributed by atoms with Crippen LogP contribution in [0.1, 0.15) is 19.4 Å². The van der Waals surface area contributed by atoms with Crippen molar-refractivity contribution in [3.05, 3.63) is 29.8 Å². The third kappa shape index (κ3) is 3.00. The minimum Gasteiger partial charge on any atom is -0.508 e. The van der Waals surface area contributed by atoms with E-state index in [1.54, 1.807) is 38.1 Å². The number of aromatic hydroxyl groups is 1. The van der Waals surface area contributed by atoms with Crippen LogP contribution in [0, 0.1) is 0 Å². The van der Waals surface area contributed by atoms with E-state index in [9.17, 15) is 9.50 Å². The second-order valence-corrected chi connectivity index (χ2v) is 4.16. The maximum absolute atomic E-state index is 13.5. The molecule has 1 rings (SSSR count). The van der Waals surface area contributed by atoms with E-state index in [1.165, 1.54) is 0 Å². The summed E-state index contributed by atoms with van der Waals surface area (Å²) in [6.07, 6.45) is -0.873. The monoisotopic (exact) mass is 197 g/mol. The Balaban J connectivity index is 2.70. The lowest BCUT2D eigenvalue weighted by Gasteiger charge is -2.23. The second kappa shape index (κ2) is 3.96. The summed E-state index contributed by atoms with van der Waals surface area (Å²) in [6, 6.07) is 6.58. The second-order valence-electron chi connectivity index (χ2n) is 4.16. The SMILES string of the molecule is CC(C)(N)C(F)Cc1cccc(O)c1. The number of halogens is 1. The molecule has 1 unspecified atom stereocenters. The van der Waals surface area contributed by atoms with E-state index in [1.807, 2.05) is 0 Å². The Morgan fingerprint density at radius 2 is 2.14 bits per heavy atom. The van der Waals surface area contributed by atoms with Crippen molar-refractivity contribution in [1.29, 1.82) is 0 Å². The third-order valence-corrected chi connectivity index (χ3v) is 2.13. The van der Waals surface area contributed by atoms with Gasteiger partial charge in [0, 0.05) is 12.0 Å². The summed E-state index contributed by atoms with van der Waals surface area (Å²) in [6.45, 7) is 3.31. The van der Waals surface area contributed by atoms with Gasteiger partial charge in [-0.15, -0.1) is 0 Å². The molecule has 0 aliphatic carbocycles. The highest BCUT2D eigenvalue weighted by atomic mass is 19.1. The first-order valence-electron chi connectivity index (χ1n) is 4.60. The molecule has 0 amide bonds. The van der Waals surface area contributed by atoms with Crippen molar-refractivity contribution in [2.75, 3.05) is 0 Å². The number of rotatable bonds is 3. The zero-order chi connectivity index (χ0) is 10.8. The molecule has 3 N–H and O–H groups in total. The first kappa shape index (κ1) is 11.0. The van der Waals surface area contributed by atoms with Crippen LogP contribution in [0.5, 0.6) is 5.75 Å². The van der Waals surface area contributed by atoms with E-state index in [2.05, 4.69) is 0 Å². The number of hydrogen-bond acceptors (Lipinski definition) is 2. The van der Waals surface area contributed by atoms with Gasteiger partial charge in [-0.05, 0) is 31.5 Å². The van der Waals surface area contributed by atoms with Crippen molar-refractivity contribution < 1.29 is 9.50 Å². The van der Waals surface area contributed by atoms with Gasteiger partial charge in [0.1, 0.15) is 11.9 Å². The smallest absolute Gasteiger partial charge is 0.121 e. The van der Waals surface area contributed by atoms with E-state index < -0.39 is 11.7 Å². The van der Waals surface area contributed by atoms with Gasteiger partial charge in [0.2, 0.25) is 0 Å². The molecule has 0 bridgehead atoms. The van der Waals surface area contributed by atoms with Crippen molar-refractivity contribution in [1.82, 2.24) is 0 Å². The number of hydrogen-bond donors (Lipinski definition) is 2.